The van der Waals surface area contributed by atoms with Gasteiger partial charge in [0.1, 0.15) is 5.56 Å². The summed E-state index contributed by atoms with van der Waals surface area (Å²) in [7, 11) is 0. The number of nitrogens with zero attached hydrogens (tertiary/aromatic N) is 2. The van der Waals surface area contributed by atoms with Crippen LogP contribution < -0.4 is 5.32 Å². The van der Waals surface area contributed by atoms with Gasteiger partial charge in [0.2, 0.25) is 0 Å². The van der Waals surface area contributed by atoms with Gasteiger partial charge < -0.3 is 5.32 Å². The fourth-order valence-electron chi connectivity index (χ4n) is 2.34. The number of anilines is 1. The van der Waals surface area contributed by atoms with Gasteiger partial charge in [-0.05, 0) is 25.0 Å². The molecule has 124 valence electrons. The summed E-state index contributed by atoms with van der Waals surface area (Å²) >= 11 is 0. The maximum atomic E-state index is 12.4. The van der Waals surface area contributed by atoms with Crippen molar-refractivity contribution in [2.45, 2.75) is 20.3 Å². The predicted molar refractivity (Wildman–Crippen MR) is 88.3 cm³/mol. The van der Waals surface area contributed by atoms with Gasteiger partial charge in [-0.3, -0.25) is 25.0 Å². The van der Waals surface area contributed by atoms with Gasteiger partial charge >= 0.3 is 0 Å². The van der Waals surface area contributed by atoms with Crippen molar-refractivity contribution in [1.29, 1.82) is 0 Å². The number of nitro groups is 2. The fourth-order valence-corrected chi connectivity index (χ4v) is 2.34. The second-order valence-corrected chi connectivity index (χ2v) is 5.12. The highest BCUT2D eigenvalue weighted by Crippen LogP contribution is 2.30. The molecule has 0 heterocycles. The highest BCUT2D eigenvalue weighted by atomic mass is 16.6. The molecule has 0 unspecified atom stereocenters. The number of benzene rings is 2. The molecule has 1 N–H and O–H groups in total. The lowest BCUT2D eigenvalue weighted by molar-refractivity contribution is -0.395. The number of hydrogen-bond donors (Lipinski definition) is 1. The number of carbonyl (C=O) groups is 1. The third kappa shape index (κ3) is 3.37. The lowest BCUT2D eigenvalue weighted by atomic mass is 10.1. The molecule has 24 heavy (non-hydrogen) atoms. The van der Waals surface area contributed by atoms with Crippen LogP contribution in [-0.4, -0.2) is 15.8 Å². The van der Waals surface area contributed by atoms with Crippen LogP contribution in [0.1, 0.15) is 28.4 Å². The normalized spacial score (nSPS) is 10.2. The Hall–Kier alpha value is -3.29. The number of carbonyl (C=O) groups excluding carboxylic acids is 1. The van der Waals surface area contributed by atoms with Gasteiger partial charge in [-0.15, -0.1) is 0 Å². The van der Waals surface area contributed by atoms with Crippen molar-refractivity contribution in [3.63, 3.8) is 0 Å². The van der Waals surface area contributed by atoms with Gasteiger partial charge in [0.25, 0.3) is 17.3 Å². The van der Waals surface area contributed by atoms with Crippen LogP contribution in [0.4, 0.5) is 17.1 Å². The molecule has 0 aliphatic rings. The van der Waals surface area contributed by atoms with Crippen molar-refractivity contribution in [2.24, 2.45) is 0 Å². The SMILES string of the molecule is CCc1ccccc1NC(=O)c1cc([N+](=O)[O-])c(C)c([N+](=O)[O-])c1. The first kappa shape index (κ1) is 17.1. The quantitative estimate of drug-likeness (QED) is 0.664. The molecule has 0 saturated heterocycles. The summed E-state index contributed by atoms with van der Waals surface area (Å²) in [4.78, 5) is 33.1. The van der Waals surface area contributed by atoms with Crippen molar-refractivity contribution in [3.05, 3.63) is 73.3 Å². The van der Waals surface area contributed by atoms with E-state index >= 15 is 0 Å². The highest BCUT2D eigenvalue weighted by molar-refractivity contribution is 6.05. The van der Waals surface area contributed by atoms with Crippen molar-refractivity contribution in [3.8, 4) is 0 Å². The van der Waals surface area contributed by atoms with Crippen molar-refractivity contribution < 1.29 is 14.6 Å². The third-order valence-corrected chi connectivity index (χ3v) is 3.65. The van der Waals surface area contributed by atoms with E-state index in [9.17, 15) is 25.0 Å². The summed E-state index contributed by atoms with van der Waals surface area (Å²) in [6.07, 6.45) is 0.685. The van der Waals surface area contributed by atoms with Gasteiger partial charge in [0.05, 0.1) is 15.4 Å². The largest absolute Gasteiger partial charge is 0.322 e. The van der Waals surface area contributed by atoms with Crippen molar-refractivity contribution in [2.75, 3.05) is 5.32 Å². The summed E-state index contributed by atoms with van der Waals surface area (Å²) in [6, 6.07) is 9.22. The van der Waals surface area contributed by atoms with Crippen LogP contribution in [0.3, 0.4) is 0 Å². The molecule has 0 atom stereocenters. The number of aryl methyl sites for hydroxylation is 1. The Labute approximate surface area is 137 Å². The minimum atomic E-state index is -0.737. The van der Waals surface area contributed by atoms with E-state index in [4.69, 9.17) is 0 Å². The first-order valence-corrected chi connectivity index (χ1v) is 7.17. The van der Waals surface area contributed by atoms with Crippen LogP contribution in [0.2, 0.25) is 0 Å². The van der Waals surface area contributed by atoms with E-state index in [0.29, 0.717) is 12.1 Å². The Kier molecular flexibility index (Phi) is 4.88. The van der Waals surface area contributed by atoms with Crippen LogP contribution in [0.5, 0.6) is 0 Å². The van der Waals surface area contributed by atoms with E-state index in [1.54, 1.807) is 12.1 Å². The number of para-hydroxylation sites is 1. The van der Waals surface area contributed by atoms with Crippen molar-refractivity contribution in [1.82, 2.24) is 0 Å². The first-order valence-electron chi connectivity index (χ1n) is 7.17. The molecule has 8 heteroatoms. The molecule has 8 nitrogen and oxygen atoms in total. The van der Waals surface area contributed by atoms with Gasteiger partial charge in [0, 0.05) is 17.8 Å². The molecule has 1 amide bonds. The zero-order valence-corrected chi connectivity index (χ0v) is 13.1. The Morgan fingerprint density at radius 1 is 1.08 bits per heavy atom. The van der Waals surface area contributed by atoms with E-state index in [0.717, 1.165) is 17.7 Å². The van der Waals surface area contributed by atoms with Crippen LogP contribution in [0.25, 0.3) is 0 Å². The molecular formula is C16H15N3O5. The molecule has 2 aromatic rings. The summed E-state index contributed by atoms with van der Waals surface area (Å²) in [5, 5.41) is 24.8. The number of nitrogens with one attached hydrogen (secondary N) is 1. The van der Waals surface area contributed by atoms with E-state index in [1.807, 2.05) is 19.1 Å². The number of nitro benzene ring substituents is 2. The molecule has 0 aliphatic carbocycles. The first-order chi connectivity index (χ1) is 11.3. The second kappa shape index (κ2) is 6.86. The van der Waals surface area contributed by atoms with E-state index < -0.39 is 27.1 Å². The van der Waals surface area contributed by atoms with Crippen LogP contribution in [-0.2, 0) is 6.42 Å². The smallest absolute Gasteiger partial charge is 0.279 e. The highest BCUT2D eigenvalue weighted by Gasteiger charge is 2.25. The monoisotopic (exact) mass is 329 g/mol. The molecule has 2 rings (SSSR count). The maximum Gasteiger partial charge on any atom is 0.279 e. The standard InChI is InChI=1S/C16H15N3O5/c1-3-11-6-4-5-7-13(11)17-16(20)12-8-14(18(21)22)10(2)15(9-12)19(23)24/h4-9H,3H2,1-2H3,(H,17,20). The number of hydrogen-bond acceptors (Lipinski definition) is 5. The molecule has 0 aliphatic heterocycles. The minimum Gasteiger partial charge on any atom is -0.322 e. The number of amides is 1. The molecular weight excluding hydrogens is 314 g/mol. The van der Waals surface area contributed by atoms with Crippen LogP contribution in [0.15, 0.2) is 36.4 Å². The van der Waals surface area contributed by atoms with Gasteiger partial charge in [-0.25, -0.2) is 0 Å². The summed E-state index contributed by atoms with van der Waals surface area (Å²) in [5.74, 6) is -0.637. The zero-order valence-electron chi connectivity index (χ0n) is 13.1. The van der Waals surface area contributed by atoms with Gasteiger partial charge in [-0.2, -0.15) is 0 Å². The maximum absolute atomic E-state index is 12.4. The van der Waals surface area contributed by atoms with Crippen LogP contribution in [0, 0.1) is 27.2 Å². The number of rotatable bonds is 5. The summed E-state index contributed by atoms with van der Waals surface area (Å²) < 4.78 is 0. The van der Waals surface area contributed by atoms with E-state index in [1.165, 1.54) is 6.92 Å². The van der Waals surface area contributed by atoms with E-state index in [2.05, 4.69) is 5.32 Å². The lowest BCUT2D eigenvalue weighted by Gasteiger charge is -2.10. The minimum absolute atomic E-state index is 0.0875. The molecule has 2 aromatic carbocycles. The summed E-state index contributed by atoms with van der Waals surface area (Å²) in [5.41, 5.74) is 0.314. The van der Waals surface area contributed by atoms with Gasteiger partial charge in [-0.1, -0.05) is 25.1 Å². The molecule has 0 spiro atoms. The Balaban J connectivity index is 2.46. The Morgan fingerprint density at radius 2 is 1.62 bits per heavy atom. The molecule has 0 saturated carbocycles. The van der Waals surface area contributed by atoms with E-state index in [-0.39, 0.29) is 11.1 Å². The molecule has 0 bridgehead atoms. The average molecular weight is 329 g/mol. The summed E-state index contributed by atoms with van der Waals surface area (Å²) in [6.45, 7) is 3.21. The van der Waals surface area contributed by atoms with Gasteiger partial charge in [0.15, 0.2) is 0 Å². The average Bonchev–Trinajstić information content (AvgIpc) is 2.54. The zero-order chi connectivity index (χ0) is 17.9. The lowest BCUT2D eigenvalue weighted by Crippen LogP contribution is -2.14. The topological polar surface area (TPSA) is 115 Å². The van der Waals surface area contributed by atoms with Crippen LogP contribution >= 0.6 is 0 Å². The molecule has 0 fully saturated rings. The predicted octanol–water partition coefficient (Wildman–Crippen LogP) is 3.63. The Bertz CT molecular complexity index is 797. The third-order valence-electron chi connectivity index (χ3n) is 3.65. The Morgan fingerprint density at radius 3 is 2.12 bits per heavy atom. The molecule has 0 aromatic heterocycles. The second-order valence-electron chi connectivity index (χ2n) is 5.12. The molecule has 0 radical (unpaired) electrons. The fraction of sp³-hybridized carbons (Fsp3) is 0.188. The van der Waals surface area contributed by atoms with Crippen molar-refractivity contribution >= 4 is 23.0 Å².